The highest BCUT2D eigenvalue weighted by atomic mass is 28.4. The maximum atomic E-state index is 6.57. The molecule has 0 aliphatic carbocycles. The van der Waals surface area contributed by atoms with Crippen molar-refractivity contribution in [2.75, 3.05) is 7.11 Å². The zero-order chi connectivity index (χ0) is 19.1. The summed E-state index contributed by atoms with van der Waals surface area (Å²) in [7, 11) is -0.202. The Bertz CT molecular complexity index is 608. The van der Waals surface area contributed by atoms with Crippen LogP contribution in [0.1, 0.15) is 33.3 Å². The van der Waals surface area contributed by atoms with Crippen LogP contribution >= 0.6 is 0 Å². The first-order valence-corrected chi connectivity index (χ1v) is 12.3. The molecule has 2 saturated heterocycles. The summed E-state index contributed by atoms with van der Waals surface area (Å²) in [6, 6.07) is 7.87. The molecule has 4 unspecified atom stereocenters. The van der Waals surface area contributed by atoms with E-state index < -0.39 is 8.32 Å². The van der Waals surface area contributed by atoms with E-state index in [2.05, 4.69) is 40.8 Å². The molecule has 3 rings (SSSR count). The third-order valence-electron chi connectivity index (χ3n) is 5.78. The van der Waals surface area contributed by atoms with E-state index in [-0.39, 0.29) is 35.7 Å². The quantitative estimate of drug-likeness (QED) is 0.549. The van der Waals surface area contributed by atoms with Gasteiger partial charge in [0.15, 0.2) is 14.6 Å². The molecule has 2 aliphatic heterocycles. The molecule has 2 aliphatic rings. The lowest BCUT2D eigenvalue weighted by Gasteiger charge is -2.42. The monoisotopic (exact) mass is 380 g/mol. The molecule has 0 bridgehead atoms. The minimum atomic E-state index is -1.86. The van der Waals surface area contributed by atoms with Crippen molar-refractivity contribution in [1.82, 2.24) is 0 Å². The maximum Gasteiger partial charge on any atom is 0.192 e. The van der Waals surface area contributed by atoms with Gasteiger partial charge < -0.3 is 23.4 Å². The van der Waals surface area contributed by atoms with Crippen LogP contribution in [0.4, 0.5) is 0 Å². The van der Waals surface area contributed by atoms with Gasteiger partial charge in [0, 0.05) is 0 Å². The molecule has 0 spiro atoms. The van der Waals surface area contributed by atoms with E-state index in [0.29, 0.717) is 6.61 Å². The fraction of sp³-hybridized carbons (Fsp3) is 0.700. The van der Waals surface area contributed by atoms with E-state index in [1.807, 2.05) is 24.3 Å². The third kappa shape index (κ3) is 4.15. The number of methoxy groups -OCH3 is 1. The van der Waals surface area contributed by atoms with Gasteiger partial charge in [-0.1, -0.05) is 32.9 Å². The highest BCUT2D eigenvalue weighted by Crippen LogP contribution is 2.44. The van der Waals surface area contributed by atoms with Gasteiger partial charge in [-0.05, 0) is 42.8 Å². The molecule has 5 atom stereocenters. The molecule has 26 heavy (non-hydrogen) atoms. The smallest absolute Gasteiger partial charge is 0.192 e. The van der Waals surface area contributed by atoms with Crippen molar-refractivity contribution in [1.29, 1.82) is 0 Å². The van der Waals surface area contributed by atoms with E-state index in [0.717, 1.165) is 11.3 Å². The van der Waals surface area contributed by atoms with Crippen molar-refractivity contribution < 1.29 is 23.4 Å². The first-order chi connectivity index (χ1) is 12.1. The van der Waals surface area contributed by atoms with E-state index in [4.69, 9.17) is 23.4 Å². The predicted octanol–water partition coefficient (Wildman–Crippen LogP) is 4.11. The van der Waals surface area contributed by atoms with Crippen LogP contribution in [0, 0.1) is 0 Å². The molecule has 6 heteroatoms. The normalized spacial score (nSPS) is 31.4. The number of ether oxygens (including phenoxy) is 4. The molecule has 0 aromatic heterocycles. The standard InChI is InChI=1S/C20H32O5Si/c1-13-16(25-26(6,7)20(2,3)4)17-18(24-17)19(23-13)22-12-14-8-10-15(21-5)11-9-14/h8-11,13,16-19H,12H2,1-7H3/t13-,16?,17?,18?,19?/m1/s1. The molecular formula is C20H32O5Si. The second kappa shape index (κ2) is 7.24. The molecule has 0 amide bonds. The Balaban J connectivity index is 1.55. The van der Waals surface area contributed by atoms with E-state index in [9.17, 15) is 0 Å². The molecule has 146 valence electrons. The Morgan fingerprint density at radius 2 is 1.69 bits per heavy atom. The zero-order valence-corrected chi connectivity index (χ0v) is 17.9. The number of rotatable bonds is 6. The van der Waals surface area contributed by atoms with E-state index in [1.54, 1.807) is 7.11 Å². The second-order valence-electron chi connectivity index (χ2n) is 8.78. The van der Waals surface area contributed by atoms with Gasteiger partial charge >= 0.3 is 0 Å². The Morgan fingerprint density at radius 3 is 2.27 bits per heavy atom. The van der Waals surface area contributed by atoms with Crippen LogP contribution < -0.4 is 4.74 Å². The molecular weight excluding hydrogens is 348 g/mol. The van der Waals surface area contributed by atoms with Gasteiger partial charge in [-0.15, -0.1) is 0 Å². The van der Waals surface area contributed by atoms with Gasteiger partial charge in [-0.2, -0.15) is 0 Å². The summed E-state index contributed by atoms with van der Waals surface area (Å²) in [6.45, 7) is 13.8. The fourth-order valence-electron chi connectivity index (χ4n) is 2.97. The van der Waals surface area contributed by atoms with Crippen LogP contribution in [-0.4, -0.2) is 46.1 Å². The van der Waals surface area contributed by atoms with Crippen molar-refractivity contribution in [3.05, 3.63) is 29.8 Å². The summed E-state index contributed by atoms with van der Waals surface area (Å²) >= 11 is 0. The highest BCUT2D eigenvalue weighted by Gasteiger charge is 2.59. The third-order valence-corrected chi connectivity index (χ3v) is 10.2. The van der Waals surface area contributed by atoms with E-state index in [1.165, 1.54) is 0 Å². The van der Waals surface area contributed by atoms with Crippen LogP contribution in [0.25, 0.3) is 0 Å². The molecule has 1 aromatic carbocycles. The maximum absolute atomic E-state index is 6.57. The topological polar surface area (TPSA) is 49.5 Å². The Labute approximate surface area is 158 Å². The highest BCUT2D eigenvalue weighted by molar-refractivity contribution is 6.74. The molecule has 2 heterocycles. The van der Waals surface area contributed by atoms with Gasteiger partial charge in [0.2, 0.25) is 0 Å². The van der Waals surface area contributed by atoms with Gasteiger partial charge in [0.05, 0.1) is 25.9 Å². The molecule has 0 saturated carbocycles. The van der Waals surface area contributed by atoms with Gasteiger partial charge in [0.1, 0.15) is 18.0 Å². The minimum Gasteiger partial charge on any atom is -0.497 e. The number of hydrogen-bond acceptors (Lipinski definition) is 5. The van der Waals surface area contributed by atoms with Crippen molar-refractivity contribution >= 4 is 8.32 Å². The summed E-state index contributed by atoms with van der Waals surface area (Å²) in [5.74, 6) is 0.840. The number of hydrogen-bond donors (Lipinski definition) is 0. The van der Waals surface area contributed by atoms with Crippen molar-refractivity contribution in [3.63, 3.8) is 0 Å². The van der Waals surface area contributed by atoms with Crippen LogP contribution in [0.3, 0.4) is 0 Å². The van der Waals surface area contributed by atoms with Crippen LogP contribution in [0.15, 0.2) is 24.3 Å². The first kappa shape index (κ1) is 19.8. The van der Waals surface area contributed by atoms with Crippen molar-refractivity contribution in [2.24, 2.45) is 0 Å². The van der Waals surface area contributed by atoms with Crippen molar-refractivity contribution in [3.8, 4) is 5.75 Å². The lowest BCUT2D eigenvalue weighted by atomic mass is 10.1. The lowest BCUT2D eigenvalue weighted by Crippen LogP contribution is -2.53. The average molecular weight is 381 g/mol. The summed E-state index contributed by atoms with van der Waals surface area (Å²) < 4.78 is 29.7. The Kier molecular flexibility index (Phi) is 5.52. The van der Waals surface area contributed by atoms with Crippen LogP contribution in [0.5, 0.6) is 5.75 Å². The van der Waals surface area contributed by atoms with Crippen LogP contribution in [0.2, 0.25) is 18.1 Å². The Hall–Kier alpha value is -0.923. The Morgan fingerprint density at radius 1 is 1.04 bits per heavy atom. The summed E-state index contributed by atoms with van der Waals surface area (Å²) in [6.07, 6.45) is -0.347. The first-order valence-electron chi connectivity index (χ1n) is 9.35. The SMILES string of the molecule is COc1ccc(COC2O[C@H](C)C(O[Si](C)(C)C(C)(C)C)C3OC23)cc1. The largest absolute Gasteiger partial charge is 0.497 e. The zero-order valence-electron chi connectivity index (χ0n) is 16.9. The van der Waals surface area contributed by atoms with Gasteiger partial charge in [-0.25, -0.2) is 0 Å². The number of fused-ring (bicyclic) bond motifs is 1. The number of benzene rings is 1. The second-order valence-corrected chi connectivity index (χ2v) is 13.5. The predicted molar refractivity (Wildman–Crippen MR) is 103 cm³/mol. The summed E-state index contributed by atoms with van der Waals surface area (Å²) in [4.78, 5) is 0. The van der Waals surface area contributed by atoms with E-state index >= 15 is 0 Å². The lowest BCUT2D eigenvalue weighted by molar-refractivity contribution is -0.208. The van der Waals surface area contributed by atoms with Gasteiger partial charge in [-0.3, -0.25) is 0 Å². The van der Waals surface area contributed by atoms with Crippen LogP contribution in [-0.2, 0) is 25.2 Å². The summed E-state index contributed by atoms with van der Waals surface area (Å²) in [5, 5.41) is 0.165. The molecule has 1 aromatic rings. The molecule has 0 radical (unpaired) electrons. The molecule has 2 fully saturated rings. The van der Waals surface area contributed by atoms with Crippen molar-refractivity contribution in [2.45, 2.75) is 83.1 Å². The molecule has 5 nitrogen and oxygen atoms in total. The summed E-state index contributed by atoms with van der Waals surface area (Å²) in [5.41, 5.74) is 1.08. The average Bonchev–Trinajstić information content (AvgIpc) is 3.36. The number of epoxide rings is 1. The fourth-order valence-corrected chi connectivity index (χ4v) is 4.33. The molecule has 0 N–H and O–H groups in total. The van der Waals surface area contributed by atoms with Gasteiger partial charge in [0.25, 0.3) is 0 Å². The minimum absolute atomic E-state index is 0.0123.